The maximum atomic E-state index is 12.6. The number of ether oxygens (including phenoxy) is 2. The molecule has 1 fully saturated rings. The van der Waals surface area contributed by atoms with Crippen LogP contribution in [0.4, 0.5) is 10.5 Å². The Kier molecular flexibility index (Phi) is 4.63. The van der Waals surface area contributed by atoms with E-state index in [0.717, 1.165) is 4.90 Å². The van der Waals surface area contributed by atoms with Crippen LogP contribution in [0.25, 0.3) is 6.08 Å². The van der Waals surface area contributed by atoms with Crippen molar-refractivity contribution < 1.29 is 19.1 Å². The van der Waals surface area contributed by atoms with E-state index >= 15 is 0 Å². The van der Waals surface area contributed by atoms with E-state index in [1.807, 2.05) is 0 Å². The summed E-state index contributed by atoms with van der Waals surface area (Å²) in [5, 5.41) is 3.09. The average Bonchev–Trinajstić information content (AvgIpc) is 2.89. The van der Waals surface area contributed by atoms with Crippen LogP contribution in [0, 0.1) is 0 Å². The highest BCUT2D eigenvalue weighted by molar-refractivity contribution is 6.31. The Morgan fingerprint density at radius 1 is 1.04 bits per heavy atom. The number of methoxy groups -OCH3 is 2. The number of carbonyl (C=O) groups excluding carboxylic acids is 2. The van der Waals surface area contributed by atoms with Crippen molar-refractivity contribution in [1.82, 2.24) is 5.32 Å². The molecule has 0 radical (unpaired) electrons. The summed E-state index contributed by atoms with van der Waals surface area (Å²) in [7, 11) is 3.07. The molecule has 1 N–H and O–H groups in total. The SMILES string of the molecule is COc1ccc(OC)c(/C=C2/NC(=O)N(c3ccc(Cl)cc3)C2=O)c1. The Labute approximate surface area is 149 Å². The van der Waals surface area contributed by atoms with Crippen molar-refractivity contribution in [1.29, 1.82) is 0 Å². The Hall–Kier alpha value is -2.99. The van der Waals surface area contributed by atoms with Crippen LogP contribution < -0.4 is 19.7 Å². The summed E-state index contributed by atoms with van der Waals surface area (Å²) >= 11 is 5.85. The molecule has 0 aromatic heterocycles. The van der Waals surface area contributed by atoms with Crippen LogP contribution in [0.1, 0.15) is 5.56 Å². The van der Waals surface area contributed by atoms with Gasteiger partial charge in [0.05, 0.1) is 19.9 Å². The van der Waals surface area contributed by atoms with Crippen molar-refractivity contribution in [3.05, 3.63) is 58.7 Å². The molecule has 0 unspecified atom stereocenters. The fourth-order valence-electron chi connectivity index (χ4n) is 2.47. The molecule has 3 amide bonds. The van der Waals surface area contributed by atoms with Crippen molar-refractivity contribution in [2.75, 3.05) is 19.1 Å². The van der Waals surface area contributed by atoms with E-state index in [-0.39, 0.29) is 5.70 Å². The summed E-state index contributed by atoms with van der Waals surface area (Å²) in [5.41, 5.74) is 1.20. The van der Waals surface area contributed by atoms with Gasteiger partial charge in [0.15, 0.2) is 0 Å². The normalized spacial score (nSPS) is 15.5. The average molecular weight is 359 g/mol. The smallest absolute Gasteiger partial charge is 0.333 e. The molecule has 1 saturated heterocycles. The lowest BCUT2D eigenvalue weighted by molar-refractivity contribution is -0.113. The molecule has 2 aromatic rings. The van der Waals surface area contributed by atoms with Gasteiger partial charge in [-0.25, -0.2) is 9.69 Å². The van der Waals surface area contributed by atoms with E-state index in [1.165, 1.54) is 7.11 Å². The molecular formula is C18H15ClN2O4. The maximum Gasteiger partial charge on any atom is 0.333 e. The Morgan fingerprint density at radius 2 is 1.76 bits per heavy atom. The van der Waals surface area contributed by atoms with Crippen LogP contribution >= 0.6 is 11.6 Å². The number of hydrogen-bond acceptors (Lipinski definition) is 4. The molecule has 1 heterocycles. The van der Waals surface area contributed by atoms with Crippen LogP contribution in [-0.2, 0) is 4.79 Å². The zero-order valence-corrected chi connectivity index (χ0v) is 14.3. The van der Waals surface area contributed by atoms with E-state index in [1.54, 1.807) is 55.7 Å². The highest BCUT2D eigenvalue weighted by Crippen LogP contribution is 2.28. The molecule has 0 bridgehead atoms. The van der Waals surface area contributed by atoms with E-state index in [9.17, 15) is 9.59 Å². The van der Waals surface area contributed by atoms with E-state index in [0.29, 0.717) is 27.8 Å². The molecule has 2 aromatic carbocycles. The van der Waals surface area contributed by atoms with Crippen LogP contribution in [0.5, 0.6) is 11.5 Å². The molecule has 1 aliphatic rings. The fraction of sp³-hybridized carbons (Fsp3) is 0.111. The van der Waals surface area contributed by atoms with E-state index < -0.39 is 11.9 Å². The number of imide groups is 1. The number of halogens is 1. The highest BCUT2D eigenvalue weighted by Gasteiger charge is 2.35. The second-order valence-corrected chi connectivity index (χ2v) is 5.65. The zero-order valence-electron chi connectivity index (χ0n) is 13.6. The third-order valence-electron chi connectivity index (χ3n) is 3.70. The number of carbonyl (C=O) groups is 2. The predicted molar refractivity (Wildman–Crippen MR) is 95.0 cm³/mol. The lowest BCUT2D eigenvalue weighted by Crippen LogP contribution is -2.30. The third kappa shape index (κ3) is 3.29. The van der Waals surface area contributed by atoms with Gasteiger partial charge >= 0.3 is 6.03 Å². The second kappa shape index (κ2) is 6.86. The lowest BCUT2D eigenvalue weighted by atomic mass is 10.1. The monoisotopic (exact) mass is 358 g/mol. The number of urea groups is 1. The minimum atomic E-state index is -0.527. The summed E-state index contributed by atoms with van der Waals surface area (Å²) in [6, 6.07) is 11.1. The summed E-state index contributed by atoms with van der Waals surface area (Å²) in [6.07, 6.45) is 1.55. The first-order valence-electron chi connectivity index (χ1n) is 7.38. The zero-order chi connectivity index (χ0) is 18.0. The standard InChI is InChI=1S/C18H15ClN2O4/c1-24-14-7-8-16(25-2)11(9-14)10-15-17(22)21(18(23)20-15)13-5-3-12(19)4-6-13/h3-10H,1-2H3,(H,20,23)/b15-10+. The molecular weight excluding hydrogens is 344 g/mol. The number of amides is 3. The molecule has 0 spiro atoms. The van der Waals surface area contributed by atoms with Gasteiger partial charge in [-0.3, -0.25) is 4.79 Å². The van der Waals surface area contributed by atoms with Crippen LogP contribution in [-0.4, -0.2) is 26.2 Å². The van der Waals surface area contributed by atoms with E-state index in [4.69, 9.17) is 21.1 Å². The van der Waals surface area contributed by atoms with Crippen molar-refractivity contribution in [3.63, 3.8) is 0 Å². The summed E-state index contributed by atoms with van der Waals surface area (Å²) in [6.45, 7) is 0. The van der Waals surface area contributed by atoms with Crippen LogP contribution in [0.3, 0.4) is 0 Å². The third-order valence-corrected chi connectivity index (χ3v) is 3.95. The van der Waals surface area contributed by atoms with Gasteiger partial charge in [0.2, 0.25) is 0 Å². The van der Waals surface area contributed by atoms with Gasteiger partial charge in [-0.05, 0) is 48.5 Å². The fourth-order valence-corrected chi connectivity index (χ4v) is 2.59. The lowest BCUT2D eigenvalue weighted by Gasteiger charge is -2.11. The molecule has 0 atom stereocenters. The quantitative estimate of drug-likeness (QED) is 0.671. The maximum absolute atomic E-state index is 12.6. The van der Waals surface area contributed by atoms with Gasteiger partial charge < -0.3 is 14.8 Å². The van der Waals surface area contributed by atoms with Gasteiger partial charge in [0.25, 0.3) is 5.91 Å². The minimum Gasteiger partial charge on any atom is -0.497 e. The Balaban J connectivity index is 1.97. The molecule has 25 heavy (non-hydrogen) atoms. The first-order chi connectivity index (χ1) is 12.0. The van der Waals surface area contributed by atoms with Gasteiger partial charge in [-0.1, -0.05) is 11.6 Å². The van der Waals surface area contributed by atoms with Crippen molar-refractivity contribution in [2.24, 2.45) is 0 Å². The minimum absolute atomic E-state index is 0.145. The number of nitrogens with one attached hydrogen (secondary N) is 1. The summed E-state index contributed by atoms with van der Waals surface area (Å²) in [5.74, 6) is 0.705. The number of benzene rings is 2. The number of anilines is 1. The van der Waals surface area contributed by atoms with Crippen LogP contribution in [0.15, 0.2) is 48.2 Å². The largest absolute Gasteiger partial charge is 0.497 e. The van der Waals surface area contributed by atoms with Crippen molar-refractivity contribution >= 4 is 35.3 Å². The number of hydrogen-bond donors (Lipinski definition) is 1. The van der Waals surface area contributed by atoms with Gasteiger partial charge in [0.1, 0.15) is 17.2 Å². The Morgan fingerprint density at radius 3 is 2.40 bits per heavy atom. The van der Waals surface area contributed by atoms with Crippen molar-refractivity contribution in [3.8, 4) is 11.5 Å². The molecule has 3 rings (SSSR count). The summed E-state index contributed by atoms with van der Waals surface area (Å²) < 4.78 is 10.5. The van der Waals surface area contributed by atoms with Gasteiger partial charge in [0, 0.05) is 10.6 Å². The molecule has 0 saturated carbocycles. The molecule has 6 nitrogen and oxygen atoms in total. The first-order valence-corrected chi connectivity index (χ1v) is 7.76. The molecule has 1 aliphatic heterocycles. The first kappa shape index (κ1) is 16.9. The van der Waals surface area contributed by atoms with Gasteiger partial charge in [-0.2, -0.15) is 0 Å². The van der Waals surface area contributed by atoms with Gasteiger partial charge in [-0.15, -0.1) is 0 Å². The Bertz CT molecular complexity index is 862. The number of rotatable bonds is 4. The molecule has 0 aliphatic carbocycles. The molecule has 7 heteroatoms. The van der Waals surface area contributed by atoms with Crippen LogP contribution in [0.2, 0.25) is 5.02 Å². The summed E-state index contributed by atoms with van der Waals surface area (Å²) in [4.78, 5) is 25.9. The van der Waals surface area contributed by atoms with E-state index in [2.05, 4.69) is 5.32 Å². The highest BCUT2D eigenvalue weighted by atomic mass is 35.5. The second-order valence-electron chi connectivity index (χ2n) is 5.21. The topological polar surface area (TPSA) is 67.9 Å². The predicted octanol–water partition coefficient (Wildman–Crippen LogP) is 3.45. The van der Waals surface area contributed by atoms with Crippen molar-refractivity contribution in [2.45, 2.75) is 0 Å². The molecule has 128 valence electrons. The number of nitrogens with zero attached hydrogens (tertiary/aromatic N) is 1.